The minimum atomic E-state index is 0.0281. The van der Waals surface area contributed by atoms with Gasteiger partial charge in [-0.2, -0.15) is 5.10 Å². The molecular formula is C15H17ClN2O2. The van der Waals surface area contributed by atoms with E-state index in [1.54, 1.807) is 26.2 Å². The van der Waals surface area contributed by atoms with Crippen LogP contribution in [0.15, 0.2) is 18.2 Å². The molecule has 0 spiro atoms. The fourth-order valence-corrected chi connectivity index (χ4v) is 2.25. The molecule has 2 rings (SSSR count). The van der Waals surface area contributed by atoms with Gasteiger partial charge in [0, 0.05) is 11.1 Å². The van der Waals surface area contributed by atoms with Crippen LogP contribution in [0, 0.1) is 13.8 Å². The molecule has 0 aliphatic heterocycles. The molecular weight excluding hydrogens is 276 g/mol. The molecule has 0 aliphatic carbocycles. The minimum Gasteiger partial charge on any atom is -0.496 e. The van der Waals surface area contributed by atoms with Crippen molar-refractivity contribution in [1.82, 2.24) is 9.78 Å². The average Bonchev–Trinajstić information content (AvgIpc) is 2.66. The second-order valence-electron chi connectivity index (χ2n) is 4.73. The number of carbonyl (C=O) groups excluding carboxylic acids is 1. The average molecular weight is 293 g/mol. The molecule has 0 N–H and O–H groups in total. The highest BCUT2D eigenvalue weighted by Gasteiger charge is 2.13. The third-order valence-electron chi connectivity index (χ3n) is 3.30. The lowest BCUT2D eigenvalue weighted by molar-refractivity contribution is 0.101. The summed E-state index contributed by atoms with van der Waals surface area (Å²) in [6.07, 6.45) is 0. The topological polar surface area (TPSA) is 44.1 Å². The summed E-state index contributed by atoms with van der Waals surface area (Å²) in [6.45, 7) is 5.86. The van der Waals surface area contributed by atoms with E-state index < -0.39 is 0 Å². The van der Waals surface area contributed by atoms with Gasteiger partial charge in [0.1, 0.15) is 5.75 Å². The van der Waals surface area contributed by atoms with E-state index in [0.29, 0.717) is 17.1 Å². The van der Waals surface area contributed by atoms with Crippen LogP contribution in [0.5, 0.6) is 5.75 Å². The highest BCUT2D eigenvalue weighted by molar-refractivity contribution is 6.31. The van der Waals surface area contributed by atoms with Crippen molar-refractivity contribution in [2.75, 3.05) is 7.11 Å². The fraction of sp³-hybridized carbons (Fsp3) is 0.333. The number of hydrogen-bond acceptors (Lipinski definition) is 3. The van der Waals surface area contributed by atoms with E-state index in [1.165, 1.54) is 0 Å². The molecule has 106 valence electrons. The number of ether oxygens (including phenoxy) is 1. The normalized spacial score (nSPS) is 10.7. The molecule has 0 atom stereocenters. The van der Waals surface area contributed by atoms with E-state index >= 15 is 0 Å². The van der Waals surface area contributed by atoms with Crippen molar-refractivity contribution in [3.05, 3.63) is 45.7 Å². The van der Waals surface area contributed by atoms with E-state index in [1.807, 2.05) is 24.6 Å². The number of nitrogens with zero attached hydrogens (tertiary/aromatic N) is 2. The van der Waals surface area contributed by atoms with Crippen LogP contribution < -0.4 is 4.74 Å². The fourth-order valence-electron chi connectivity index (χ4n) is 2.11. The Morgan fingerprint density at radius 3 is 2.60 bits per heavy atom. The van der Waals surface area contributed by atoms with Gasteiger partial charge in [0.15, 0.2) is 5.78 Å². The molecule has 0 saturated heterocycles. The summed E-state index contributed by atoms with van der Waals surface area (Å²) in [5.74, 6) is 0.763. The molecule has 1 aromatic heterocycles. The number of aromatic nitrogens is 2. The molecule has 0 bridgehead atoms. The van der Waals surface area contributed by atoms with Gasteiger partial charge >= 0.3 is 0 Å². The van der Waals surface area contributed by atoms with Crippen LogP contribution in [0.1, 0.15) is 34.2 Å². The van der Waals surface area contributed by atoms with Crippen LogP contribution in [0.3, 0.4) is 0 Å². The maximum absolute atomic E-state index is 11.5. The monoisotopic (exact) mass is 292 g/mol. The third kappa shape index (κ3) is 2.70. The second-order valence-corrected chi connectivity index (χ2v) is 5.10. The molecule has 2 aromatic rings. The van der Waals surface area contributed by atoms with Gasteiger partial charge in [-0.05, 0) is 39.0 Å². The van der Waals surface area contributed by atoms with Crippen LogP contribution in [0.25, 0.3) is 0 Å². The van der Waals surface area contributed by atoms with Crippen LogP contribution in [0.4, 0.5) is 0 Å². The van der Waals surface area contributed by atoms with Crippen molar-refractivity contribution < 1.29 is 9.53 Å². The lowest BCUT2D eigenvalue weighted by Crippen LogP contribution is -2.07. The van der Waals surface area contributed by atoms with Gasteiger partial charge in [-0.1, -0.05) is 11.6 Å². The second kappa shape index (κ2) is 5.67. The lowest BCUT2D eigenvalue weighted by Gasteiger charge is -2.11. The third-order valence-corrected chi connectivity index (χ3v) is 3.85. The first-order valence-electron chi connectivity index (χ1n) is 6.31. The first-order valence-corrected chi connectivity index (χ1v) is 6.69. The Bertz CT molecular complexity index is 662. The summed E-state index contributed by atoms with van der Waals surface area (Å²) >= 11 is 6.15. The van der Waals surface area contributed by atoms with Crippen molar-refractivity contribution in [2.45, 2.75) is 27.3 Å². The van der Waals surface area contributed by atoms with Gasteiger partial charge in [-0.3, -0.25) is 9.48 Å². The number of aryl methyl sites for hydroxylation is 1. The number of halogens is 1. The van der Waals surface area contributed by atoms with E-state index in [-0.39, 0.29) is 5.78 Å². The summed E-state index contributed by atoms with van der Waals surface area (Å²) in [5.41, 5.74) is 3.26. The Morgan fingerprint density at radius 2 is 2.10 bits per heavy atom. The number of ketones is 1. The highest BCUT2D eigenvalue weighted by Crippen LogP contribution is 2.24. The highest BCUT2D eigenvalue weighted by atomic mass is 35.5. The standard InChI is InChI=1S/C15H17ClN2O2/c1-9-15(16)10(2)18(17-9)8-13-7-12(11(3)19)5-6-14(13)20-4/h5-7H,8H2,1-4H3. The molecule has 5 heteroatoms. The van der Waals surface area contributed by atoms with Crippen LogP contribution >= 0.6 is 11.6 Å². The van der Waals surface area contributed by atoms with E-state index in [0.717, 1.165) is 22.7 Å². The Hall–Kier alpha value is -1.81. The first-order chi connectivity index (χ1) is 9.43. The molecule has 0 radical (unpaired) electrons. The molecule has 0 unspecified atom stereocenters. The van der Waals surface area contributed by atoms with Gasteiger partial charge in [-0.15, -0.1) is 0 Å². The van der Waals surface area contributed by atoms with Crippen molar-refractivity contribution >= 4 is 17.4 Å². The Balaban J connectivity index is 2.43. The SMILES string of the molecule is COc1ccc(C(C)=O)cc1Cn1nc(C)c(Cl)c1C. The van der Waals surface area contributed by atoms with Gasteiger partial charge in [0.25, 0.3) is 0 Å². The van der Waals surface area contributed by atoms with Crippen molar-refractivity contribution in [1.29, 1.82) is 0 Å². The number of rotatable bonds is 4. The van der Waals surface area contributed by atoms with E-state index in [2.05, 4.69) is 5.10 Å². The minimum absolute atomic E-state index is 0.0281. The Kier molecular flexibility index (Phi) is 4.14. The summed E-state index contributed by atoms with van der Waals surface area (Å²) in [6, 6.07) is 5.41. The van der Waals surface area contributed by atoms with Gasteiger partial charge in [0.05, 0.1) is 30.1 Å². The van der Waals surface area contributed by atoms with Gasteiger partial charge < -0.3 is 4.74 Å². The molecule has 4 nitrogen and oxygen atoms in total. The largest absolute Gasteiger partial charge is 0.496 e. The van der Waals surface area contributed by atoms with Crippen molar-refractivity contribution in [3.8, 4) is 5.75 Å². The molecule has 1 heterocycles. The number of benzene rings is 1. The van der Waals surface area contributed by atoms with Crippen molar-refractivity contribution in [3.63, 3.8) is 0 Å². The van der Waals surface area contributed by atoms with Gasteiger partial charge in [0.2, 0.25) is 0 Å². The summed E-state index contributed by atoms with van der Waals surface area (Å²) < 4.78 is 7.16. The molecule has 20 heavy (non-hydrogen) atoms. The van der Waals surface area contributed by atoms with Crippen LogP contribution in [-0.4, -0.2) is 22.7 Å². The molecule has 0 amide bonds. The molecule has 0 aliphatic rings. The first kappa shape index (κ1) is 14.6. The summed E-state index contributed by atoms with van der Waals surface area (Å²) in [5, 5.41) is 5.07. The molecule has 0 fully saturated rings. The number of carbonyl (C=O) groups is 1. The number of Topliss-reactive ketones (excluding diaryl/α,β-unsaturated/α-hetero) is 1. The quantitative estimate of drug-likeness (QED) is 0.811. The smallest absolute Gasteiger partial charge is 0.159 e. The van der Waals surface area contributed by atoms with Crippen molar-refractivity contribution in [2.24, 2.45) is 0 Å². The molecule has 1 aromatic carbocycles. The van der Waals surface area contributed by atoms with E-state index in [4.69, 9.17) is 16.3 Å². The molecule has 0 saturated carbocycles. The van der Waals surface area contributed by atoms with Gasteiger partial charge in [-0.25, -0.2) is 0 Å². The number of hydrogen-bond donors (Lipinski definition) is 0. The zero-order valence-corrected chi connectivity index (χ0v) is 12.8. The zero-order chi connectivity index (χ0) is 14.9. The van der Waals surface area contributed by atoms with Crippen LogP contribution in [0.2, 0.25) is 5.02 Å². The van der Waals surface area contributed by atoms with Crippen LogP contribution in [-0.2, 0) is 6.54 Å². The summed E-state index contributed by atoms with van der Waals surface area (Å²) in [7, 11) is 1.61. The maximum atomic E-state index is 11.5. The maximum Gasteiger partial charge on any atom is 0.159 e. The Morgan fingerprint density at radius 1 is 1.40 bits per heavy atom. The summed E-state index contributed by atoms with van der Waals surface area (Å²) in [4.78, 5) is 11.5. The predicted octanol–water partition coefficient (Wildman–Crippen LogP) is 3.41. The van der Waals surface area contributed by atoms with E-state index in [9.17, 15) is 4.79 Å². The Labute approximate surface area is 123 Å². The number of methoxy groups -OCH3 is 1. The lowest BCUT2D eigenvalue weighted by atomic mass is 10.1. The zero-order valence-electron chi connectivity index (χ0n) is 12.0. The predicted molar refractivity (Wildman–Crippen MR) is 78.8 cm³/mol.